The predicted octanol–water partition coefficient (Wildman–Crippen LogP) is 3.76. The summed E-state index contributed by atoms with van der Waals surface area (Å²) in [7, 11) is 2.00. The van der Waals surface area contributed by atoms with Crippen molar-refractivity contribution in [1.29, 1.82) is 0 Å². The van der Waals surface area contributed by atoms with Crippen LogP contribution in [0.2, 0.25) is 0 Å². The number of hydrogen-bond acceptors (Lipinski definition) is 3. The molecule has 0 aliphatic heterocycles. The van der Waals surface area contributed by atoms with Gasteiger partial charge in [-0.3, -0.25) is 4.90 Å². The second-order valence-corrected chi connectivity index (χ2v) is 6.09. The Kier molecular flexibility index (Phi) is 4.59. The number of rotatable bonds is 5. The lowest BCUT2D eigenvalue weighted by Crippen LogP contribution is -2.36. The molecule has 0 radical (unpaired) electrons. The number of pyridine rings is 1. The molecule has 1 N–H and O–H groups in total. The van der Waals surface area contributed by atoms with Gasteiger partial charge in [0.25, 0.3) is 0 Å². The van der Waals surface area contributed by atoms with Gasteiger partial charge < -0.3 is 5.32 Å². The number of hydrogen-bond donors (Lipinski definition) is 1. The van der Waals surface area contributed by atoms with Gasteiger partial charge in [0.2, 0.25) is 0 Å². The first-order valence-corrected chi connectivity index (χ1v) is 7.27. The molecule has 1 unspecified atom stereocenters. The van der Waals surface area contributed by atoms with Crippen molar-refractivity contribution in [2.75, 3.05) is 18.9 Å². The molecule has 0 spiro atoms. The van der Waals surface area contributed by atoms with Gasteiger partial charge in [-0.25, -0.2) is 4.98 Å². The van der Waals surface area contributed by atoms with E-state index in [9.17, 15) is 13.2 Å². The summed E-state index contributed by atoms with van der Waals surface area (Å²) < 4.78 is 39.1. The zero-order valence-electron chi connectivity index (χ0n) is 11.3. The largest absolute Gasteiger partial charge is 0.419 e. The molecule has 0 bridgehead atoms. The highest BCUT2D eigenvalue weighted by molar-refractivity contribution is 9.10. The molecular formula is C13H17BrF3N3. The molecule has 3 nitrogen and oxygen atoms in total. The third-order valence-corrected chi connectivity index (χ3v) is 3.98. The second kappa shape index (κ2) is 5.89. The van der Waals surface area contributed by atoms with Crippen molar-refractivity contribution in [2.45, 2.75) is 38.0 Å². The van der Waals surface area contributed by atoms with Crippen molar-refractivity contribution in [2.24, 2.45) is 0 Å². The van der Waals surface area contributed by atoms with Crippen molar-refractivity contribution in [3.63, 3.8) is 0 Å². The van der Waals surface area contributed by atoms with Gasteiger partial charge in [-0.05, 0) is 48.8 Å². The Labute approximate surface area is 124 Å². The highest BCUT2D eigenvalue weighted by atomic mass is 79.9. The molecule has 112 valence electrons. The Morgan fingerprint density at radius 1 is 1.50 bits per heavy atom. The molecule has 20 heavy (non-hydrogen) atoms. The molecule has 1 aliphatic carbocycles. The van der Waals surface area contributed by atoms with Gasteiger partial charge >= 0.3 is 6.18 Å². The smallest absolute Gasteiger partial charge is 0.368 e. The van der Waals surface area contributed by atoms with Crippen molar-refractivity contribution in [3.8, 4) is 0 Å². The molecule has 0 saturated heterocycles. The van der Waals surface area contributed by atoms with E-state index < -0.39 is 11.7 Å². The Bertz CT molecular complexity index is 474. The third kappa shape index (κ3) is 3.85. The summed E-state index contributed by atoms with van der Waals surface area (Å²) in [5.74, 6) is -0.114. The lowest BCUT2D eigenvalue weighted by molar-refractivity contribution is -0.137. The van der Waals surface area contributed by atoms with Crippen LogP contribution in [-0.4, -0.2) is 35.6 Å². The van der Waals surface area contributed by atoms with Crippen molar-refractivity contribution < 1.29 is 13.2 Å². The van der Waals surface area contributed by atoms with Gasteiger partial charge in [0.05, 0.1) is 5.56 Å². The zero-order chi connectivity index (χ0) is 14.9. The number of halogens is 4. The molecule has 7 heteroatoms. The molecule has 1 aromatic heterocycles. The van der Waals surface area contributed by atoms with Crippen LogP contribution in [0.4, 0.5) is 19.0 Å². The van der Waals surface area contributed by atoms with Gasteiger partial charge in [-0.15, -0.1) is 0 Å². The van der Waals surface area contributed by atoms with Crippen LogP contribution in [0.15, 0.2) is 16.7 Å². The van der Waals surface area contributed by atoms with Crippen molar-refractivity contribution >= 4 is 21.7 Å². The van der Waals surface area contributed by atoms with Gasteiger partial charge in [0, 0.05) is 29.3 Å². The average Bonchev–Trinajstić information content (AvgIpc) is 3.19. The molecule has 0 amide bonds. The first-order chi connectivity index (χ1) is 9.29. The number of aromatic nitrogens is 1. The molecule has 1 fully saturated rings. The summed E-state index contributed by atoms with van der Waals surface area (Å²) >= 11 is 3.02. The molecular weight excluding hydrogens is 335 g/mol. The van der Waals surface area contributed by atoms with Crippen LogP contribution in [-0.2, 0) is 6.18 Å². The monoisotopic (exact) mass is 351 g/mol. The summed E-state index contributed by atoms with van der Waals surface area (Å²) in [4.78, 5) is 6.03. The number of alkyl halides is 3. The number of likely N-dealkylation sites (N-methyl/N-ethyl adjacent to an activating group) is 1. The first-order valence-electron chi connectivity index (χ1n) is 6.47. The third-order valence-electron chi connectivity index (χ3n) is 3.54. The summed E-state index contributed by atoms with van der Waals surface area (Å²) in [5, 5.41) is 2.82. The van der Waals surface area contributed by atoms with Crippen LogP contribution in [0.25, 0.3) is 0 Å². The molecule has 1 heterocycles. The van der Waals surface area contributed by atoms with Crippen LogP contribution in [0.3, 0.4) is 0 Å². The van der Waals surface area contributed by atoms with Crippen LogP contribution in [0, 0.1) is 0 Å². The van der Waals surface area contributed by atoms with Crippen LogP contribution in [0.1, 0.15) is 25.3 Å². The summed E-state index contributed by atoms with van der Waals surface area (Å²) in [6.45, 7) is 2.43. The average molecular weight is 352 g/mol. The highest BCUT2D eigenvalue weighted by Gasteiger charge is 2.35. The Morgan fingerprint density at radius 3 is 2.70 bits per heavy atom. The molecule has 2 rings (SSSR count). The fraction of sp³-hybridized carbons (Fsp3) is 0.615. The van der Waals surface area contributed by atoms with E-state index in [1.165, 1.54) is 19.0 Å². The minimum absolute atomic E-state index is 0.114. The van der Waals surface area contributed by atoms with E-state index >= 15 is 0 Å². The predicted molar refractivity (Wildman–Crippen MR) is 75.7 cm³/mol. The van der Waals surface area contributed by atoms with Gasteiger partial charge in [0.1, 0.15) is 5.82 Å². The molecule has 1 saturated carbocycles. The normalized spacial score (nSPS) is 17.4. The van der Waals surface area contributed by atoms with Crippen LogP contribution in [0.5, 0.6) is 0 Å². The summed E-state index contributed by atoms with van der Waals surface area (Å²) in [6.07, 6.45) is -0.700. The molecule has 1 aromatic rings. The van der Waals surface area contributed by atoms with E-state index in [-0.39, 0.29) is 11.9 Å². The summed E-state index contributed by atoms with van der Waals surface area (Å²) in [5.41, 5.74) is -0.742. The second-order valence-electron chi connectivity index (χ2n) is 5.17. The lowest BCUT2D eigenvalue weighted by atomic mass is 10.2. The lowest BCUT2D eigenvalue weighted by Gasteiger charge is -2.25. The first kappa shape index (κ1) is 15.6. The van der Waals surface area contributed by atoms with E-state index in [4.69, 9.17) is 0 Å². The molecule has 1 aliphatic rings. The molecule has 1 atom stereocenters. The van der Waals surface area contributed by atoms with E-state index in [2.05, 4.69) is 31.1 Å². The maximum atomic E-state index is 12.9. The number of nitrogens with one attached hydrogen (secondary N) is 1. The SMILES string of the molecule is CC(CNc1ncc(Br)cc1C(F)(F)F)N(C)C1CC1. The summed E-state index contributed by atoms with van der Waals surface area (Å²) in [6, 6.07) is 1.78. The van der Waals surface area contributed by atoms with E-state index in [0.29, 0.717) is 17.1 Å². The van der Waals surface area contributed by atoms with Crippen LogP contribution < -0.4 is 5.32 Å². The Morgan fingerprint density at radius 2 is 2.15 bits per heavy atom. The van der Waals surface area contributed by atoms with E-state index in [0.717, 1.165) is 6.07 Å². The number of nitrogens with zero attached hydrogens (tertiary/aromatic N) is 2. The van der Waals surface area contributed by atoms with Gasteiger partial charge in [-0.2, -0.15) is 13.2 Å². The quantitative estimate of drug-likeness (QED) is 0.875. The Balaban J connectivity index is 2.05. The van der Waals surface area contributed by atoms with Gasteiger partial charge in [-0.1, -0.05) is 0 Å². The van der Waals surface area contributed by atoms with E-state index in [1.54, 1.807) is 0 Å². The maximum absolute atomic E-state index is 12.9. The zero-order valence-corrected chi connectivity index (χ0v) is 12.9. The minimum Gasteiger partial charge on any atom is -0.368 e. The Hall–Kier alpha value is -0.820. The van der Waals surface area contributed by atoms with Gasteiger partial charge in [0.15, 0.2) is 0 Å². The van der Waals surface area contributed by atoms with Crippen molar-refractivity contribution in [1.82, 2.24) is 9.88 Å². The molecule has 0 aromatic carbocycles. The maximum Gasteiger partial charge on any atom is 0.419 e. The fourth-order valence-electron chi connectivity index (χ4n) is 2.03. The topological polar surface area (TPSA) is 28.2 Å². The fourth-order valence-corrected chi connectivity index (χ4v) is 2.36. The highest BCUT2D eigenvalue weighted by Crippen LogP contribution is 2.35. The van der Waals surface area contributed by atoms with Crippen LogP contribution >= 0.6 is 15.9 Å². The van der Waals surface area contributed by atoms with E-state index in [1.807, 2.05) is 14.0 Å². The standard InChI is InChI=1S/C13H17BrF3N3/c1-8(20(2)10-3-4-10)6-18-12-11(13(15,16)17)5-9(14)7-19-12/h5,7-8,10H,3-4,6H2,1-2H3,(H,18,19). The number of anilines is 1. The van der Waals surface area contributed by atoms with Crippen molar-refractivity contribution in [3.05, 3.63) is 22.3 Å². The minimum atomic E-state index is -4.41.